The molecule has 1 fully saturated rings. The molecule has 1 aliphatic rings. The number of hydrogen-bond donors (Lipinski definition) is 0. The average Bonchev–Trinajstić information content (AvgIpc) is 1.90. The van der Waals surface area contributed by atoms with Gasteiger partial charge in [0.05, 0.1) is 0 Å². The quantitative estimate of drug-likeness (QED) is 0.469. The summed E-state index contributed by atoms with van der Waals surface area (Å²) in [5.74, 6) is 0. The molecule has 0 aromatic rings. The third kappa shape index (κ3) is 2.32. The van der Waals surface area contributed by atoms with E-state index in [4.69, 9.17) is 12.3 Å². The molecule has 0 saturated carbocycles. The van der Waals surface area contributed by atoms with Crippen LogP contribution in [0.5, 0.6) is 0 Å². The van der Waals surface area contributed by atoms with E-state index in [0.29, 0.717) is 5.54 Å². The minimum absolute atomic E-state index is 0.583. The van der Waals surface area contributed by atoms with Crippen molar-refractivity contribution in [3.8, 4) is 0 Å². The van der Waals surface area contributed by atoms with Crippen LogP contribution in [0.2, 0.25) is 5.54 Å². The van der Waals surface area contributed by atoms with E-state index in [1.807, 2.05) is 0 Å². The molecule has 0 bridgehead atoms. The van der Waals surface area contributed by atoms with E-state index in [-0.39, 0.29) is 0 Å². The first kappa shape index (κ1) is 7.64. The van der Waals surface area contributed by atoms with E-state index in [1.165, 1.54) is 0 Å². The lowest BCUT2D eigenvalue weighted by Crippen LogP contribution is -2.37. The second kappa shape index (κ2) is 3.64. The second-order valence-electron chi connectivity index (χ2n) is 2.39. The van der Waals surface area contributed by atoms with Gasteiger partial charge < -0.3 is 12.3 Å². The monoisotopic (exact) mass is 180 g/mol. The van der Waals surface area contributed by atoms with Gasteiger partial charge in [-0.3, -0.25) is 0 Å². The Morgan fingerprint density at radius 1 is 1.22 bits per heavy atom. The zero-order valence-electron chi connectivity index (χ0n) is 5.79. The van der Waals surface area contributed by atoms with Crippen molar-refractivity contribution < 1.29 is 12.3 Å². The molecule has 0 aliphatic carbocycles. The fourth-order valence-corrected chi connectivity index (χ4v) is 8.87. The van der Waals surface area contributed by atoms with Crippen molar-refractivity contribution in [2.24, 2.45) is 0 Å². The molecule has 1 saturated heterocycles. The molecule has 9 heavy (non-hydrogen) atoms. The third-order valence-corrected chi connectivity index (χ3v) is 7.31. The van der Waals surface area contributed by atoms with Gasteiger partial charge in [0.2, 0.25) is 0 Å². The van der Waals surface area contributed by atoms with Crippen LogP contribution in [0.15, 0.2) is 0 Å². The van der Waals surface area contributed by atoms with Gasteiger partial charge in [0.15, 0.2) is 0 Å². The van der Waals surface area contributed by atoms with Crippen molar-refractivity contribution in [3.63, 3.8) is 0 Å². The summed E-state index contributed by atoms with van der Waals surface area (Å²) in [6.45, 7) is 4.32. The lowest BCUT2D eigenvalue weighted by atomic mass is 10.6. The van der Waals surface area contributed by atoms with Crippen molar-refractivity contribution in [3.05, 3.63) is 0 Å². The van der Waals surface area contributed by atoms with Crippen molar-refractivity contribution in [1.82, 2.24) is 0 Å². The maximum atomic E-state index is 5.41. The molecule has 6 heteroatoms. The van der Waals surface area contributed by atoms with Crippen LogP contribution in [-0.4, -0.2) is 29.3 Å². The molecule has 0 aromatic carbocycles. The van der Waals surface area contributed by atoms with Crippen LogP contribution in [0.25, 0.3) is 0 Å². The van der Waals surface area contributed by atoms with E-state index >= 15 is 0 Å². The van der Waals surface area contributed by atoms with Crippen molar-refractivity contribution >= 4 is 29.3 Å². The number of rotatable bonds is 1. The first-order valence-corrected chi connectivity index (χ1v) is 7.03. The van der Waals surface area contributed by atoms with Crippen LogP contribution in [0, 0.1) is 0 Å². The van der Waals surface area contributed by atoms with Gasteiger partial charge in [0.1, 0.15) is 0 Å². The summed E-state index contributed by atoms with van der Waals surface area (Å²) in [7, 11) is -2.37. The molecule has 1 rings (SSSR count). The summed E-state index contributed by atoms with van der Waals surface area (Å²) in [4.78, 5) is 0. The Balaban J connectivity index is 2.23. The molecule has 0 spiro atoms. The molecule has 0 unspecified atom stereocenters. The Hall–Kier alpha value is 0.531. The molecule has 0 N–H and O–H groups in total. The summed E-state index contributed by atoms with van der Waals surface area (Å²) in [5, 5.41) is 0. The molecule has 3 nitrogen and oxygen atoms in total. The molecule has 1 aliphatic heterocycles. The first-order chi connectivity index (χ1) is 4.30. The van der Waals surface area contributed by atoms with E-state index in [0.717, 1.165) is 0 Å². The molecule has 0 aromatic heterocycles. The van der Waals surface area contributed by atoms with E-state index < -0.39 is 29.3 Å². The summed E-state index contributed by atoms with van der Waals surface area (Å²) in [6, 6.07) is 0. The minimum Gasteiger partial charge on any atom is -0.425 e. The Labute approximate surface area is 61.7 Å². The second-order valence-corrected chi connectivity index (χ2v) is 9.23. The van der Waals surface area contributed by atoms with Crippen LogP contribution in [0.1, 0.15) is 13.8 Å². The zero-order chi connectivity index (χ0) is 6.69. The van der Waals surface area contributed by atoms with Gasteiger partial charge in [0, 0.05) is 0 Å². The highest BCUT2D eigenvalue weighted by atomic mass is 28.4. The van der Waals surface area contributed by atoms with Crippen LogP contribution < -0.4 is 0 Å². The predicted octanol–water partition coefficient (Wildman–Crippen LogP) is -1.32. The van der Waals surface area contributed by atoms with Crippen LogP contribution in [-0.2, 0) is 12.3 Å². The maximum Gasteiger partial charge on any atom is 0.305 e. The Kier molecular flexibility index (Phi) is 3.09. The molecule has 0 atom stereocenters. The minimum atomic E-state index is -1.20. The molecule has 1 heterocycles. The van der Waals surface area contributed by atoms with E-state index in [2.05, 4.69) is 13.8 Å². The van der Waals surface area contributed by atoms with Gasteiger partial charge in [0.25, 0.3) is 20.0 Å². The van der Waals surface area contributed by atoms with E-state index in [9.17, 15) is 0 Å². The average molecular weight is 180 g/mol. The standard InChI is InChI=1S/C3H12O3Si3/c1-3(2)9-5-7-4-8-6-9/h3,9H,7-8H2,1-2H3. The SMILES string of the molecule is CC(C)[SiH]1O[SiH2]O[SiH2]O1. The lowest BCUT2D eigenvalue weighted by Gasteiger charge is -2.24. The Morgan fingerprint density at radius 2 is 1.78 bits per heavy atom. The highest BCUT2D eigenvalue weighted by Crippen LogP contribution is 2.10. The molecule has 0 radical (unpaired) electrons. The van der Waals surface area contributed by atoms with Gasteiger partial charge in [-0.1, -0.05) is 13.8 Å². The van der Waals surface area contributed by atoms with Gasteiger partial charge in [-0.05, 0) is 5.54 Å². The molecular weight excluding hydrogens is 168 g/mol. The summed E-state index contributed by atoms with van der Waals surface area (Å²) in [5.41, 5.74) is 0.619. The Morgan fingerprint density at radius 3 is 2.11 bits per heavy atom. The summed E-state index contributed by atoms with van der Waals surface area (Å²) in [6.07, 6.45) is 0. The van der Waals surface area contributed by atoms with Gasteiger partial charge in [-0.2, -0.15) is 0 Å². The van der Waals surface area contributed by atoms with Crippen molar-refractivity contribution in [2.45, 2.75) is 19.4 Å². The lowest BCUT2D eigenvalue weighted by molar-refractivity contribution is 0.315. The summed E-state index contributed by atoms with van der Waals surface area (Å²) >= 11 is 0. The third-order valence-electron chi connectivity index (χ3n) is 1.18. The fraction of sp³-hybridized carbons (Fsp3) is 1.00. The fourth-order valence-electron chi connectivity index (χ4n) is 0.697. The van der Waals surface area contributed by atoms with Crippen LogP contribution >= 0.6 is 0 Å². The van der Waals surface area contributed by atoms with Crippen LogP contribution in [0.3, 0.4) is 0 Å². The highest BCUT2D eigenvalue weighted by Gasteiger charge is 2.21. The van der Waals surface area contributed by atoms with E-state index in [1.54, 1.807) is 0 Å². The van der Waals surface area contributed by atoms with Crippen molar-refractivity contribution in [2.75, 3.05) is 0 Å². The number of hydrogen-bond acceptors (Lipinski definition) is 3. The smallest absolute Gasteiger partial charge is 0.305 e. The van der Waals surface area contributed by atoms with Crippen molar-refractivity contribution in [1.29, 1.82) is 0 Å². The summed E-state index contributed by atoms with van der Waals surface area (Å²) < 4.78 is 15.9. The molecule has 54 valence electrons. The maximum absolute atomic E-state index is 5.41. The first-order valence-electron chi connectivity index (χ1n) is 3.11. The molecular formula is C3H12O3Si3. The van der Waals surface area contributed by atoms with Gasteiger partial charge in [-0.25, -0.2) is 0 Å². The van der Waals surface area contributed by atoms with Gasteiger partial charge in [-0.15, -0.1) is 0 Å². The predicted molar refractivity (Wildman–Crippen MR) is 42.6 cm³/mol. The molecule has 0 amide bonds. The normalized spacial score (nSPS) is 34.3. The van der Waals surface area contributed by atoms with Gasteiger partial charge >= 0.3 is 9.28 Å². The Bertz CT molecular complexity index is 82.4. The van der Waals surface area contributed by atoms with Crippen LogP contribution in [0.4, 0.5) is 0 Å². The topological polar surface area (TPSA) is 27.7 Å². The zero-order valence-corrected chi connectivity index (χ0v) is 9.78. The highest BCUT2D eigenvalue weighted by molar-refractivity contribution is 6.62. The largest absolute Gasteiger partial charge is 0.425 e.